The molecular formula is C8H21N3O5S. The fraction of sp³-hybridized carbons (Fsp3) is 0.875. The number of thiol groups is 1. The maximum atomic E-state index is 10.1. The van der Waals surface area contributed by atoms with Gasteiger partial charge in [0, 0.05) is 6.54 Å². The first-order valence-corrected chi connectivity index (χ1v) is 6.30. The first-order valence-electron chi connectivity index (χ1n) is 5.12. The minimum atomic E-state index is -2.52. The van der Waals surface area contributed by atoms with Crippen molar-refractivity contribution in [2.75, 3.05) is 19.7 Å². The molecule has 0 aliphatic rings. The third kappa shape index (κ3) is 17.9. The second-order valence-electron chi connectivity index (χ2n) is 3.12. The summed E-state index contributed by atoms with van der Waals surface area (Å²) in [6, 6.07) is -0.716. The molecule has 0 heterocycles. The van der Waals surface area contributed by atoms with E-state index < -0.39 is 22.9 Å². The highest BCUT2D eigenvalue weighted by molar-refractivity contribution is 7.70. The molecule has 0 aliphatic carbocycles. The number of hydrogen-bond acceptors (Lipinski definition) is 6. The summed E-state index contributed by atoms with van der Waals surface area (Å²) in [6.07, 6.45) is 2.16. The molecule has 104 valence electrons. The Morgan fingerprint density at radius 2 is 1.94 bits per heavy atom. The van der Waals surface area contributed by atoms with Crippen LogP contribution < -0.4 is 16.2 Å². The molecule has 0 amide bonds. The van der Waals surface area contributed by atoms with Crippen LogP contribution in [0.15, 0.2) is 0 Å². The average molecular weight is 271 g/mol. The summed E-state index contributed by atoms with van der Waals surface area (Å²) in [5, 5.41) is 16.3. The van der Waals surface area contributed by atoms with Gasteiger partial charge in [-0.2, -0.15) is 0 Å². The van der Waals surface area contributed by atoms with E-state index in [2.05, 4.69) is 0 Å². The van der Waals surface area contributed by atoms with E-state index in [1.54, 1.807) is 0 Å². The van der Waals surface area contributed by atoms with Crippen LogP contribution in [0.4, 0.5) is 0 Å². The molecule has 0 rings (SSSR count). The molecule has 0 saturated heterocycles. The van der Waals surface area contributed by atoms with Gasteiger partial charge in [0.15, 0.2) is 0 Å². The molecule has 0 aliphatic heterocycles. The Labute approximate surface area is 102 Å². The largest absolute Gasteiger partial charge is 0.480 e. The second-order valence-corrected chi connectivity index (χ2v) is 3.95. The number of nitrogens with one attached hydrogen (secondary N) is 1. The number of carboxylic acid groups (broad SMARTS) is 1. The molecular weight excluding hydrogens is 250 g/mol. The van der Waals surface area contributed by atoms with Crippen LogP contribution in [-0.2, 0) is 15.7 Å². The predicted octanol–water partition coefficient (Wildman–Crippen LogP) is -2.38. The summed E-state index contributed by atoms with van der Waals surface area (Å²) in [7, 11) is -2.52. The number of carboxylic acids is 1. The van der Waals surface area contributed by atoms with Gasteiger partial charge in [-0.15, -0.1) is 0 Å². The number of aliphatic hydroxyl groups excluding tert-OH is 1. The van der Waals surface area contributed by atoms with Gasteiger partial charge in [0.05, 0.1) is 6.61 Å². The lowest BCUT2D eigenvalue weighted by Crippen LogP contribution is -2.29. The normalized spacial score (nSPS) is 11.8. The van der Waals surface area contributed by atoms with Gasteiger partial charge in [-0.3, -0.25) is 4.79 Å². The highest BCUT2D eigenvalue weighted by atomic mass is 32.2. The van der Waals surface area contributed by atoms with Crippen LogP contribution in [-0.4, -0.2) is 50.3 Å². The monoisotopic (exact) mass is 271 g/mol. The zero-order valence-electron chi connectivity index (χ0n) is 9.54. The maximum Gasteiger partial charge on any atom is 0.320 e. The Hall–Kier alpha value is -0.740. The number of aliphatic carboxylic acids is 1. The molecule has 0 aromatic carbocycles. The molecule has 0 spiro atoms. The molecule has 7 N–H and O–H groups in total. The summed E-state index contributed by atoms with van der Waals surface area (Å²) in [5.74, 6) is -0.933. The van der Waals surface area contributed by atoms with Crippen LogP contribution in [0.25, 0.3) is 0 Å². The van der Waals surface area contributed by atoms with Crippen molar-refractivity contribution in [2.24, 2.45) is 11.5 Å². The van der Waals surface area contributed by atoms with Gasteiger partial charge in [-0.25, -0.2) is 13.1 Å². The van der Waals surface area contributed by atoms with Crippen LogP contribution in [0.1, 0.15) is 19.3 Å². The van der Waals surface area contributed by atoms with Crippen LogP contribution in [0.3, 0.4) is 0 Å². The van der Waals surface area contributed by atoms with Crippen LogP contribution in [0.2, 0.25) is 0 Å². The fourth-order valence-corrected chi connectivity index (χ4v) is 1.06. The van der Waals surface area contributed by atoms with Crippen molar-refractivity contribution in [3.8, 4) is 0 Å². The van der Waals surface area contributed by atoms with Crippen molar-refractivity contribution >= 4 is 16.9 Å². The first-order chi connectivity index (χ1) is 7.95. The third-order valence-corrected chi connectivity index (χ3v) is 2.12. The molecule has 0 aromatic heterocycles. The molecule has 0 fully saturated rings. The van der Waals surface area contributed by atoms with E-state index in [1.807, 2.05) is 4.72 Å². The molecule has 0 radical (unpaired) electrons. The topological polar surface area (TPSA) is 156 Å². The standard InChI is InChI=1S/C6H14N2O2.C2H7NO3S/c7-4-2-1-3-5(8)6(9)10;4-2-1-3-7(5)6/h5H,1-4,7-8H2,(H,9,10);4,7H,1-2H2,(H,3,5,6)/t5-;/m0./s1. The second kappa shape index (κ2) is 13.3. The molecule has 17 heavy (non-hydrogen) atoms. The zero-order chi connectivity index (χ0) is 13.7. The average Bonchev–Trinajstić information content (AvgIpc) is 2.27. The van der Waals surface area contributed by atoms with Gasteiger partial charge >= 0.3 is 5.97 Å². The van der Waals surface area contributed by atoms with Crippen molar-refractivity contribution in [3.63, 3.8) is 0 Å². The smallest absolute Gasteiger partial charge is 0.320 e. The van der Waals surface area contributed by atoms with E-state index in [9.17, 15) is 13.2 Å². The predicted molar refractivity (Wildman–Crippen MR) is 63.9 cm³/mol. The van der Waals surface area contributed by atoms with E-state index in [1.165, 1.54) is 0 Å². The third-order valence-electron chi connectivity index (χ3n) is 1.64. The first kappa shape index (κ1) is 18.6. The quantitative estimate of drug-likeness (QED) is 0.213. The van der Waals surface area contributed by atoms with Crippen LogP contribution >= 0.6 is 0 Å². The molecule has 1 atom stereocenters. The van der Waals surface area contributed by atoms with Gasteiger partial charge in [-0.05, 0) is 19.4 Å². The van der Waals surface area contributed by atoms with E-state index in [0.717, 1.165) is 12.8 Å². The van der Waals surface area contributed by atoms with Gasteiger partial charge < -0.3 is 21.7 Å². The Balaban J connectivity index is 0. The molecule has 8 nitrogen and oxygen atoms in total. The van der Waals surface area contributed by atoms with Crippen molar-refractivity contribution in [2.45, 2.75) is 25.3 Å². The molecule has 0 saturated carbocycles. The highest BCUT2D eigenvalue weighted by Crippen LogP contribution is 1.96. The Morgan fingerprint density at radius 1 is 1.35 bits per heavy atom. The van der Waals surface area contributed by atoms with E-state index in [-0.39, 0.29) is 13.2 Å². The number of rotatable bonds is 8. The van der Waals surface area contributed by atoms with Crippen LogP contribution in [0.5, 0.6) is 0 Å². The summed E-state index contributed by atoms with van der Waals surface area (Å²) in [6.45, 7) is 0.564. The summed E-state index contributed by atoms with van der Waals surface area (Å²) < 4.78 is 21.1. The molecule has 0 unspecified atom stereocenters. The lowest BCUT2D eigenvalue weighted by Gasteiger charge is -2.03. The minimum Gasteiger partial charge on any atom is -0.480 e. The number of hydrogen-bond donors (Lipinski definition) is 6. The summed E-state index contributed by atoms with van der Waals surface area (Å²) >= 11 is 0. The number of carbonyl (C=O) groups is 1. The van der Waals surface area contributed by atoms with Crippen molar-refractivity contribution in [3.05, 3.63) is 0 Å². The maximum absolute atomic E-state index is 10.1. The summed E-state index contributed by atoms with van der Waals surface area (Å²) in [4.78, 5) is 10.1. The number of nitrogens with two attached hydrogens (primary N) is 2. The van der Waals surface area contributed by atoms with Crippen LogP contribution in [0, 0.1) is 0 Å². The SMILES string of the molecule is NCCCC[C@H](N)C(=O)O.O=[SH](=O)NCCO. The number of unbranched alkanes of at least 4 members (excludes halogenated alkanes) is 1. The lowest BCUT2D eigenvalue weighted by molar-refractivity contribution is -0.138. The lowest BCUT2D eigenvalue weighted by atomic mass is 10.1. The molecule has 0 aromatic rings. The van der Waals surface area contributed by atoms with E-state index >= 15 is 0 Å². The number of aliphatic hydroxyl groups is 1. The Kier molecular flexibility index (Phi) is 14.6. The highest BCUT2D eigenvalue weighted by Gasteiger charge is 2.09. The zero-order valence-corrected chi connectivity index (χ0v) is 10.4. The van der Waals surface area contributed by atoms with E-state index in [0.29, 0.717) is 13.0 Å². The van der Waals surface area contributed by atoms with Crippen molar-refractivity contribution in [1.29, 1.82) is 0 Å². The van der Waals surface area contributed by atoms with Crippen molar-refractivity contribution in [1.82, 2.24) is 4.72 Å². The van der Waals surface area contributed by atoms with Gasteiger partial charge in [0.2, 0.25) is 10.9 Å². The van der Waals surface area contributed by atoms with E-state index in [4.69, 9.17) is 21.7 Å². The van der Waals surface area contributed by atoms with Gasteiger partial charge in [0.25, 0.3) is 0 Å². The molecule has 0 bridgehead atoms. The molecule has 9 heteroatoms. The van der Waals surface area contributed by atoms with Gasteiger partial charge in [-0.1, -0.05) is 6.42 Å². The minimum absolute atomic E-state index is 0.110. The summed E-state index contributed by atoms with van der Waals surface area (Å²) in [5.41, 5.74) is 10.4. The fourth-order valence-electron chi connectivity index (χ4n) is 0.773. The Bertz CT molecular complexity index is 252. The van der Waals surface area contributed by atoms with Gasteiger partial charge in [0.1, 0.15) is 6.04 Å². The van der Waals surface area contributed by atoms with Crippen molar-refractivity contribution < 1.29 is 23.4 Å². The Morgan fingerprint density at radius 3 is 2.24 bits per heavy atom.